The van der Waals surface area contributed by atoms with Gasteiger partial charge in [0.2, 0.25) is 0 Å². The highest BCUT2D eigenvalue weighted by atomic mass is 32.2. The second-order valence-electron chi connectivity index (χ2n) is 6.40. The van der Waals surface area contributed by atoms with Crippen LogP contribution in [0.2, 0.25) is 0 Å². The number of hydrogen-bond acceptors (Lipinski definition) is 4. The highest BCUT2D eigenvalue weighted by molar-refractivity contribution is 7.92. The van der Waals surface area contributed by atoms with Gasteiger partial charge in [0.05, 0.1) is 11.5 Å². The molecule has 0 radical (unpaired) electrons. The van der Waals surface area contributed by atoms with Crippen LogP contribution in [0.15, 0.2) is 77.7 Å². The first-order valence-electron chi connectivity index (χ1n) is 9.26. The molecule has 156 valence electrons. The maximum atomic E-state index is 13.2. The van der Waals surface area contributed by atoms with Crippen molar-refractivity contribution >= 4 is 21.6 Å². The van der Waals surface area contributed by atoms with Crippen molar-refractivity contribution in [3.63, 3.8) is 0 Å². The Kier molecular flexibility index (Phi) is 6.68. The zero-order valence-corrected chi connectivity index (χ0v) is 17.1. The second-order valence-corrected chi connectivity index (χ2v) is 8.09. The van der Waals surface area contributed by atoms with Gasteiger partial charge in [0.1, 0.15) is 11.6 Å². The first-order valence-corrected chi connectivity index (χ1v) is 10.7. The molecule has 0 bridgehead atoms. The van der Waals surface area contributed by atoms with Gasteiger partial charge in [-0.25, -0.2) is 12.8 Å². The Morgan fingerprint density at radius 3 is 2.43 bits per heavy atom. The molecule has 0 saturated heterocycles. The van der Waals surface area contributed by atoms with Crippen LogP contribution in [0.5, 0.6) is 5.75 Å². The van der Waals surface area contributed by atoms with E-state index >= 15 is 0 Å². The van der Waals surface area contributed by atoms with Crippen LogP contribution in [0.4, 0.5) is 10.1 Å². The Balaban J connectivity index is 1.69. The summed E-state index contributed by atoms with van der Waals surface area (Å²) in [5.74, 6) is -0.206. The quantitative estimate of drug-likeness (QED) is 0.569. The van der Waals surface area contributed by atoms with Gasteiger partial charge in [-0.3, -0.25) is 9.52 Å². The van der Waals surface area contributed by atoms with E-state index < -0.39 is 15.9 Å². The minimum absolute atomic E-state index is 0.0758. The molecule has 3 rings (SSSR count). The zero-order chi connectivity index (χ0) is 21.6. The smallest absolute Gasteiger partial charge is 0.261 e. The topological polar surface area (TPSA) is 84.5 Å². The van der Waals surface area contributed by atoms with E-state index in [-0.39, 0.29) is 28.5 Å². The first-order chi connectivity index (χ1) is 14.4. The van der Waals surface area contributed by atoms with Crippen LogP contribution >= 0.6 is 0 Å². The molecule has 6 nitrogen and oxygen atoms in total. The fraction of sp³-hybridized carbons (Fsp3) is 0.136. The number of ether oxygens (including phenoxy) is 1. The van der Waals surface area contributed by atoms with E-state index in [0.29, 0.717) is 17.9 Å². The third-order valence-corrected chi connectivity index (χ3v) is 5.56. The minimum atomic E-state index is -3.83. The minimum Gasteiger partial charge on any atom is -0.494 e. The maximum absolute atomic E-state index is 13.2. The highest BCUT2D eigenvalue weighted by Gasteiger charge is 2.15. The Labute approximate surface area is 174 Å². The lowest BCUT2D eigenvalue weighted by Crippen LogP contribution is -2.23. The zero-order valence-electron chi connectivity index (χ0n) is 16.3. The molecular weight excluding hydrogens is 407 g/mol. The number of carbonyl (C=O) groups is 1. The molecule has 0 atom stereocenters. The van der Waals surface area contributed by atoms with Gasteiger partial charge in [-0.1, -0.05) is 18.2 Å². The van der Waals surface area contributed by atoms with Gasteiger partial charge < -0.3 is 10.1 Å². The van der Waals surface area contributed by atoms with E-state index in [1.807, 2.05) is 6.92 Å². The molecule has 0 heterocycles. The Hall–Kier alpha value is -3.39. The summed E-state index contributed by atoms with van der Waals surface area (Å²) < 4.78 is 46.2. The summed E-state index contributed by atoms with van der Waals surface area (Å²) in [7, 11) is -3.83. The van der Waals surface area contributed by atoms with Crippen molar-refractivity contribution in [2.45, 2.75) is 18.4 Å². The molecule has 0 aliphatic rings. The summed E-state index contributed by atoms with van der Waals surface area (Å²) in [6, 6.07) is 18.1. The Morgan fingerprint density at radius 2 is 1.73 bits per heavy atom. The van der Waals surface area contributed by atoms with Gasteiger partial charge in [-0.05, 0) is 67.1 Å². The summed E-state index contributed by atoms with van der Waals surface area (Å²) in [4.78, 5) is 12.5. The molecule has 8 heteroatoms. The van der Waals surface area contributed by atoms with E-state index in [9.17, 15) is 17.6 Å². The van der Waals surface area contributed by atoms with Gasteiger partial charge in [-0.2, -0.15) is 0 Å². The first kappa shape index (κ1) is 21.3. The average Bonchev–Trinajstić information content (AvgIpc) is 2.72. The molecule has 0 aliphatic carbocycles. The Bertz CT molecular complexity index is 1130. The molecule has 1 amide bonds. The molecule has 0 spiro atoms. The van der Waals surface area contributed by atoms with Crippen molar-refractivity contribution in [1.82, 2.24) is 5.32 Å². The van der Waals surface area contributed by atoms with Gasteiger partial charge >= 0.3 is 0 Å². The van der Waals surface area contributed by atoms with E-state index in [1.165, 1.54) is 30.3 Å². The summed E-state index contributed by atoms with van der Waals surface area (Å²) in [6.45, 7) is 2.48. The molecule has 0 unspecified atom stereocenters. The maximum Gasteiger partial charge on any atom is 0.261 e. The third kappa shape index (κ3) is 5.57. The van der Waals surface area contributed by atoms with Crippen molar-refractivity contribution in [3.8, 4) is 5.75 Å². The number of anilines is 1. The predicted molar refractivity (Wildman–Crippen MR) is 112 cm³/mol. The highest BCUT2D eigenvalue weighted by Crippen LogP contribution is 2.20. The molecule has 2 N–H and O–H groups in total. The summed E-state index contributed by atoms with van der Waals surface area (Å²) in [5, 5.41) is 2.69. The van der Waals surface area contributed by atoms with Crippen LogP contribution in [0.3, 0.4) is 0 Å². The average molecular weight is 428 g/mol. The van der Waals surface area contributed by atoms with Crippen molar-refractivity contribution in [1.29, 1.82) is 0 Å². The molecule has 0 aromatic heterocycles. The van der Waals surface area contributed by atoms with E-state index in [4.69, 9.17) is 4.74 Å². The fourth-order valence-corrected chi connectivity index (χ4v) is 3.80. The molecule has 0 saturated carbocycles. The number of nitrogens with one attached hydrogen (secondary N) is 2. The number of sulfonamides is 1. The van der Waals surface area contributed by atoms with Gasteiger partial charge in [-0.15, -0.1) is 0 Å². The summed E-state index contributed by atoms with van der Waals surface area (Å²) >= 11 is 0. The van der Waals surface area contributed by atoms with Crippen LogP contribution in [0.25, 0.3) is 0 Å². The van der Waals surface area contributed by atoms with E-state index in [1.54, 1.807) is 42.5 Å². The lowest BCUT2D eigenvalue weighted by Gasteiger charge is -2.11. The van der Waals surface area contributed by atoms with Crippen molar-refractivity contribution in [2.75, 3.05) is 11.3 Å². The van der Waals surface area contributed by atoms with Gasteiger partial charge in [0.15, 0.2) is 0 Å². The Morgan fingerprint density at radius 1 is 1.00 bits per heavy atom. The SMILES string of the molecule is CCOc1ccc(S(=O)(=O)Nc2cccc(C(=O)NCc3cccc(F)c3)c2)cc1. The standard InChI is InChI=1S/C22H21FN2O4S/c1-2-29-20-9-11-21(12-10-20)30(27,28)25-19-8-4-6-17(14-19)22(26)24-15-16-5-3-7-18(23)13-16/h3-14,25H,2,15H2,1H3,(H,24,26). The number of carbonyl (C=O) groups excluding carboxylic acids is 1. The van der Waals surface area contributed by atoms with Crippen LogP contribution in [-0.2, 0) is 16.6 Å². The number of halogens is 1. The largest absolute Gasteiger partial charge is 0.494 e. The lowest BCUT2D eigenvalue weighted by atomic mass is 10.1. The van der Waals surface area contributed by atoms with Crippen LogP contribution < -0.4 is 14.8 Å². The van der Waals surface area contributed by atoms with Crippen molar-refractivity contribution < 1.29 is 22.3 Å². The van der Waals surface area contributed by atoms with E-state index in [2.05, 4.69) is 10.0 Å². The van der Waals surface area contributed by atoms with Crippen LogP contribution in [0.1, 0.15) is 22.8 Å². The molecule has 30 heavy (non-hydrogen) atoms. The van der Waals surface area contributed by atoms with Crippen molar-refractivity contribution in [2.24, 2.45) is 0 Å². The van der Waals surface area contributed by atoms with Crippen molar-refractivity contribution in [3.05, 3.63) is 89.7 Å². The monoisotopic (exact) mass is 428 g/mol. The lowest BCUT2D eigenvalue weighted by molar-refractivity contribution is 0.0951. The molecular formula is C22H21FN2O4S. The summed E-state index contributed by atoms with van der Waals surface area (Å²) in [6.07, 6.45) is 0. The predicted octanol–water partition coefficient (Wildman–Crippen LogP) is 3.96. The number of rotatable bonds is 8. The fourth-order valence-electron chi connectivity index (χ4n) is 2.75. The molecule has 3 aromatic carbocycles. The molecule has 0 aliphatic heterocycles. The third-order valence-electron chi connectivity index (χ3n) is 4.16. The number of hydrogen-bond donors (Lipinski definition) is 2. The number of amides is 1. The van der Waals surface area contributed by atoms with Crippen LogP contribution in [-0.4, -0.2) is 20.9 Å². The number of benzene rings is 3. The summed E-state index contributed by atoms with van der Waals surface area (Å²) in [5.41, 5.74) is 1.15. The molecule has 3 aromatic rings. The molecule has 0 fully saturated rings. The van der Waals surface area contributed by atoms with Crippen LogP contribution in [0, 0.1) is 5.82 Å². The second kappa shape index (κ2) is 9.41. The normalized spacial score (nSPS) is 11.0. The van der Waals surface area contributed by atoms with E-state index in [0.717, 1.165) is 0 Å². The van der Waals surface area contributed by atoms with Gasteiger partial charge in [0, 0.05) is 17.8 Å². The van der Waals surface area contributed by atoms with Gasteiger partial charge in [0.25, 0.3) is 15.9 Å².